The lowest BCUT2D eigenvalue weighted by Gasteiger charge is -2.53. The van der Waals surface area contributed by atoms with Gasteiger partial charge in [0, 0.05) is 24.1 Å². The molecular weight excluding hydrogens is 398 g/mol. The van der Waals surface area contributed by atoms with Crippen LogP contribution in [0.15, 0.2) is 24.3 Å². The van der Waals surface area contributed by atoms with E-state index in [1.807, 2.05) is 43.0 Å². The number of nitrogens with one attached hydrogen (secondary N) is 1. The summed E-state index contributed by atoms with van der Waals surface area (Å²) in [5.41, 5.74) is 1.87. The standard InChI is InChI=1S/C23H29N3O3S/c1-15-16(2)30-22(24-15)25-20(27)19-17-9-5-6-10-18(17)21(28)26(13-14-29-3)23(19)11-7-4-8-12-23/h5-6,9-10,19H,4,7-8,11-14H2,1-3H3,(H,24,25,27)/t19-/m0/s1. The first kappa shape index (κ1) is 21.0. The van der Waals surface area contributed by atoms with Gasteiger partial charge in [0.15, 0.2) is 5.13 Å². The smallest absolute Gasteiger partial charge is 0.254 e. The van der Waals surface area contributed by atoms with Crippen molar-refractivity contribution in [2.24, 2.45) is 0 Å². The van der Waals surface area contributed by atoms with Crippen molar-refractivity contribution in [3.05, 3.63) is 46.0 Å². The van der Waals surface area contributed by atoms with Crippen LogP contribution in [0.5, 0.6) is 0 Å². The molecule has 1 spiro atoms. The van der Waals surface area contributed by atoms with E-state index >= 15 is 0 Å². The highest BCUT2D eigenvalue weighted by Crippen LogP contribution is 2.49. The van der Waals surface area contributed by atoms with Gasteiger partial charge in [-0.1, -0.05) is 37.5 Å². The number of fused-ring (bicyclic) bond motifs is 1. The quantitative estimate of drug-likeness (QED) is 0.773. The number of methoxy groups -OCH3 is 1. The molecule has 0 bridgehead atoms. The molecule has 0 saturated heterocycles. The Morgan fingerprint density at radius 2 is 2.00 bits per heavy atom. The van der Waals surface area contributed by atoms with Gasteiger partial charge >= 0.3 is 0 Å². The first-order valence-corrected chi connectivity index (χ1v) is 11.4. The van der Waals surface area contributed by atoms with E-state index in [1.54, 1.807) is 7.11 Å². The third-order valence-electron chi connectivity index (χ3n) is 6.58. The Morgan fingerprint density at radius 3 is 2.67 bits per heavy atom. The van der Waals surface area contributed by atoms with Gasteiger partial charge < -0.3 is 15.0 Å². The molecule has 2 aromatic rings. The van der Waals surface area contributed by atoms with Crippen LogP contribution < -0.4 is 5.32 Å². The Bertz CT molecular complexity index is 929. The van der Waals surface area contributed by atoms with Crippen molar-refractivity contribution in [2.45, 2.75) is 57.4 Å². The summed E-state index contributed by atoms with van der Waals surface area (Å²) in [6.45, 7) is 4.90. The summed E-state index contributed by atoms with van der Waals surface area (Å²) < 4.78 is 5.32. The average Bonchev–Trinajstić information content (AvgIpc) is 3.05. The number of carbonyl (C=O) groups is 2. The van der Waals surface area contributed by atoms with E-state index in [2.05, 4.69) is 10.3 Å². The van der Waals surface area contributed by atoms with Gasteiger partial charge in [-0.3, -0.25) is 9.59 Å². The number of hydrogen-bond donors (Lipinski definition) is 1. The van der Waals surface area contributed by atoms with Crippen LogP contribution in [0.4, 0.5) is 5.13 Å². The van der Waals surface area contributed by atoms with Crippen LogP contribution in [0.3, 0.4) is 0 Å². The van der Waals surface area contributed by atoms with Crippen LogP contribution in [0.25, 0.3) is 0 Å². The maximum absolute atomic E-state index is 13.7. The fraction of sp³-hybridized carbons (Fsp3) is 0.522. The Kier molecular flexibility index (Phi) is 5.93. The minimum atomic E-state index is -0.520. The summed E-state index contributed by atoms with van der Waals surface area (Å²) in [5, 5.41) is 3.70. The number of ether oxygens (including phenoxy) is 1. The van der Waals surface area contributed by atoms with E-state index in [0.29, 0.717) is 23.8 Å². The molecule has 2 aliphatic rings. The van der Waals surface area contributed by atoms with E-state index in [-0.39, 0.29) is 11.8 Å². The maximum Gasteiger partial charge on any atom is 0.254 e. The van der Waals surface area contributed by atoms with Crippen LogP contribution in [-0.2, 0) is 9.53 Å². The highest BCUT2D eigenvalue weighted by Gasteiger charge is 2.54. The zero-order valence-corrected chi connectivity index (χ0v) is 18.7. The van der Waals surface area contributed by atoms with E-state index in [1.165, 1.54) is 11.3 Å². The molecule has 1 N–H and O–H groups in total. The number of benzene rings is 1. The average molecular weight is 428 g/mol. The zero-order chi connectivity index (χ0) is 21.3. The molecule has 2 amide bonds. The van der Waals surface area contributed by atoms with Crippen molar-refractivity contribution < 1.29 is 14.3 Å². The number of rotatable bonds is 5. The summed E-state index contributed by atoms with van der Waals surface area (Å²) in [6.07, 6.45) is 4.81. The summed E-state index contributed by atoms with van der Waals surface area (Å²) >= 11 is 1.49. The second kappa shape index (κ2) is 8.47. The van der Waals surface area contributed by atoms with Gasteiger partial charge in [0.1, 0.15) is 0 Å². The van der Waals surface area contributed by atoms with Gasteiger partial charge in [-0.15, -0.1) is 11.3 Å². The molecule has 160 valence electrons. The van der Waals surface area contributed by atoms with Crippen LogP contribution in [-0.4, -0.2) is 47.5 Å². The lowest BCUT2D eigenvalue weighted by molar-refractivity contribution is -0.122. The lowest BCUT2D eigenvalue weighted by atomic mass is 9.65. The third kappa shape index (κ3) is 3.54. The Labute approximate surface area is 181 Å². The Morgan fingerprint density at radius 1 is 1.27 bits per heavy atom. The monoisotopic (exact) mass is 427 g/mol. The van der Waals surface area contributed by atoms with E-state index < -0.39 is 11.5 Å². The number of hydrogen-bond acceptors (Lipinski definition) is 5. The summed E-state index contributed by atoms with van der Waals surface area (Å²) in [5.74, 6) is -0.490. The normalized spacial score (nSPS) is 20.3. The second-order valence-corrected chi connectivity index (χ2v) is 9.49. The van der Waals surface area contributed by atoms with Gasteiger partial charge in [0.05, 0.1) is 23.8 Å². The number of anilines is 1. The number of thiazole rings is 1. The van der Waals surface area contributed by atoms with Gasteiger partial charge in [-0.05, 0) is 38.3 Å². The van der Waals surface area contributed by atoms with Gasteiger partial charge in [0.2, 0.25) is 5.91 Å². The van der Waals surface area contributed by atoms with Gasteiger partial charge in [-0.25, -0.2) is 4.98 Å². The summed E-state index contributed by atoms with van der Waals surface area (Å²) in [4.78, 5) is 34.8. The van der Waals surface area contributed by atoms with Crippen molar-refractivity contribution in [1.82, 2.24) is 9.88 Å². The van der Waals surface area contributed by atoms with E-state index in [4.69, 9.17) is 4.74 Å². The first-order chi connectivity index (χ1) is 14.5. The summed E-state index contributed by atoms with van der Waals surface area (Å²) in [7, 11) is 1.65. The molecule has 1 atom stereocenters. The van der Waals surface area contributed by atoms with E-state index in [0.717, 1.165) is 48.2 Å². The van der Waals surface area contributed by atoms with Crippen LogP contribution in [0.1, 0.15) is 64.5 Å². The molecule has 1 aromatic carbocycles. The van der Waals surface area contributed by atoms with Gasteiger partial charge in [-0.2, -0.15) is 0 Å². The predicted molar refractivity (Wildman–Crippen MR) is 118 cm³/mol. The fourth-order valence-corrected chi connectivity index (χ4v) is 5.87. The van der Waals surface area contributed by atoms with Crippen molar-refractivity contribution in [2.75, 3.05) is 25.6 Å². The highest BCUT2D eigenvalue weighted by atomic mass is 32.1. The molecule has 0 radical (unpaired) electrons. The topological polar surface area (TPSA) is 71.5 Å². The molecule has 1 aromatic heterocycles. The van der Waals surface area contributed by atoms with E-state index in [9.17, 15) is 9.59 Å². The van der Waals surface area contributed by atoms with Crippen LogP contribution in [0, 0.1) is 13.8 Å². The Balaban J connectivity index is 1.79. The lowest BCUT2D eigenvalue weighted by Crippen LogP contribution is -2.62. The number of aryl methyl sites for hydroxylation is 2. The number of carbonyl (C=O) groups excluding carboxylic acids is 2. The maximum atomic E-state index is 13.7. The fourth-order valence-electron chi connectivity index (χ4n) is 5.05. The molecule has 0 unspecified atom stereocenters. The SMILES string of the molecule is COCCN1C(=O)c2ccccc2[C@@H](C(=O)Nc2nc(C)c(C)s2)C12CCCCC2. The largest absolute Gasteiger partial charge is 0.383 e. The molecular formula is C23H29N3O3S. The van der Waals surface area contributed by atoms with Gasteiger partial charge in [0.25, 0.3) is 5.91 Å². The van der Waals surface area contributed by atoms with Crippen molar-refractivity contribution in [3.8, 4) is 0 Å². The minimum absolute atomic E-state index is 0.00883. The molecule has 1 saturated carbocycles. The zero-order valence-electron chi connectivity index (χ0n) is 17.9. The molecule has 1 aliphatic carbocycles. The summed E-state index contributed by atoms with van der Waals surface area (Å²) in [6, 6.07) is 7.57. The number of amides is 2. The van der Waals surface area contributed by atoms with Crippen LogP contribution in [0.2, 0.25) is 0 Å². The molecule has 1 aliphatic heterocycles. The molecule has 30 heavy (non-hydrogen) atoms. The first-order valence-electron chi connectivity index (χ1n) is 10.6. The second-order valence-electron chi connectivity index (χ2n) is 8.28. The minimum Gasteiger partial charge on any atom is -0.383 e. The predicted octanol–water partition coefficient (Wildman–Crippen LogP) is 4.29. The van der Waals surface area contributed by atoms with Crippen molar-refractivity contribution in [3.63, 3.8) is 0 Å². The van der Waals surface area contributed by atoms with Crippen LogP contribution >= 0.6 is 11.3 Å². The molecule has 6 nitrogen and oxygen atoms in total. The van der Waals surface area contributed by atoms with Crippen molar-refractivity contribution in [1.29, 1.82) is 0 Å². The Hall–Kier alpha value is -2.25. The highest BCUT2D eigenvalue weighted by molar-refractivity contribution is 7.15. The number of aromatic nitrogens is 1. The molecule has 1 fully saturated rings. The molecule has 7 heteroatoms. The van der Waals surface area contributed by atoms with Crippen molar-refractivity contribution >= 4 is 28.3 Å². The molecule has 2 heterocycles. The third-order valence-corrected chi connectivity index (χ3v) is 7.57. The number of nitrogens with zero attached hydrogens (tertiary/aromatic N) is 2. The molecule has 4 rings (SSSR count).